The van der Waals surface area contributed by atoms with Crippen LogP contribution in [-0.2, 0) is 11.2 Å². The molecule has 0 aliphatic heterocycles. The predicted octanol–water partition coefficient (Wildman–Crippen LogP) is 3.28. The Morgan fingerprint density at radius 3 is 2.20 bits per heavy atom. The van der Waals surface area contributed by atoms with E-state index in [9.17, 15) is 4.79 Å². The van der Waals surface area contributed by atoms with Gasteiger partial charge in [0.2, 0.25) is 0 Å². The molecule has 0 saturated carbocycles. The number of methoxy groups -OCH3 is 1. The molecule has 0 aromatic heterocycles. The first kappa shape index (κ1) is 14.0. The fourth-order valence-electron chi connectivity index (χ4n) is 1.03. The Labute approximate surface area is 96.2 Å². The fraction of sp³-hybridized carbons (Fsp3) is 0.417. The highest BCUT2D eigenvalue weighted by molar-refractivity contribution is 6.17. The number of aryl methyl sites for hydroxylation is 1. The second-order valence-electron chi connectivity index (χ2n) is 2.63. The van der Waals surface area contributed by atoms with Crippen LogP contribution in [0.1, 0.15) is 29.8 Å². The van der Waals surface area contributed by atoms with Gasteiger partial charge in [-0.2, -0.15) is 0 Å². The van der Waals surface area contributed by atoms with Crippen molar-refractivity contribution in [3.8, 4) is 0 Å². The largest absolute Gasteiger partial charge is 0.465 e. The molecule has 2 nitrogen and oxygen atoms in total. The van der Waals surface area contributed by atoms with Crippen LogP contribution < -0.4 is 0 Å². The normalized spacial score (nSPS) is 8.80. The van der Waals surface area contributed by atoms with Crippen LogP contribution in [0.2, 0.25) is 0 Å². The molecule has 0 fully saturated rings. The maximum absolute atomic E-state index is 11.0. The van der Waals surface area contributed by atoms with Crippen LogP contribution in [0.15, 0.2) is 24.3 Å². The molecule has 0 aliphatic carbocycles. The Kier molecular flexibility index (Phi) is 7.74. The summed E-state index contributed by atoms with van der Waals surface area (Å²) in [6, 6.07) is 7.25. The zero-order chi connectivity index (χ0) is 11.7. The fourth-order valence-corrected chi connectivity index (χ4v) is 1.25. The zero-order valence-electron chi connectivity index (χ0n) is 9.42. The van der Waals surface area contributed by atoms with Gasteiger partial charge in [-0.15, -0.1) is 11.6 Å². The van der Waals surface area contributed by atoms with Crippen LogP contribution in [0.25, 0.3) is 0 Å². The predicted molar refractivity (Wildman–Crippen MR) is 63.6 cm³/mol. The zero-order valence-corrected chi connectivity index (χ0v) is 10.2. The van der Waals surface area contributed by atoms with Gasteiger partial charge in [0.1, 0.15) is 0 Å². The summed E-state index contributed by atoms with van der Waals surface area (Å²) in [5, 5.41) is 0. The van der Waals surface area contributed by atoms with E-state index in [1.165, 1.54) is 7.11 Å². The number of carbonyl (C=O) groups excluding carboxylic acids is 1. The summed E-state index contributed by atoms with van der Waals surface area (Å²) >= 11 is 5.57. The van der Waals surface area contributed by atoms with Crippen molar-refractivity contribution < 1.29 is 9.53 Å². The summed E-state index contributed by atoms with van der Waals surface area (Å²) in [4.78, 5) is 11.0. The van der Waals surface area contributed by atoms with Crippen molar-refractivity contribution >= 4 is 17.6 Å². The minimum absolute atomic E-state index is 0.308. The lowest BCUT2D eigenvalue weighted by Gasteiger charge is -2.00. The minimum Gasteiger partial charge on any atom is -0.465 e. The lowest BCUT2D eigenvalue weighted by molar-refractivity contribution is 0.0600. The van der Waals surface area contributed by atoms with Crippen LogP contribution in [0.3, 0.4) is 0 Å². The summed E-state index contributed by atoms with van der Waals surface area (Å²) in [7, 11) is 1.37. The van der Waals surface area contributed by atoms with Crippen LogP contribution >= 0.6 is 11.6 Å². The molecule has 0 radical (unpaired) electrons. The SMILES string of the molecule is CC.COC(=O)c1ccc(CCCl)cc1. The summed E-state index contributed by atoms with van der Waals surface area (Å²) in [5.41, 5.74) is 1.70. The van der Waals surface area contributed by atoms with Crippen molar-refractivity contribution in [2.75, 3.05) is 13.0 Å². The molecular weight excluding hydrogens is 212 g/mol. The Balaban J connectivity index is 0.000000921. The van der Waals surface area contributed by atoms with E-state index in [2.05, 4.69) is 4.74 Å². The number of esters is 1. The second-order valence-corrected chi connectivity index (χ2v) is 3.01. The van der Waals surface area contributed by atoms with Gasteiger partial charge < -0.3 is 4.74 Å². The van der Waals surface area contributed by atoms with Crippen LogP contribution in [0, 0.1) is 0 Å². The maximum atomic E-state index is 11.0. The second kappa shape index (κ2) is 8.30. The molecule has 15 heavy (non-hydrogen) atoms. The molecule has 0 spiro atoms. The average molecular weight is 229 g/mol. The highest BCUT2D eigenvalue weighted by atomic mass is 35.5. The molecule has 1 aromatic rings. The van der Waals surface area contributed by atoms with Crippen LogP contribution in [0.4, 0.5) is 0 Å². The number of carbonyl (C=O) groups is 1. The van der Waals surface area contributed by atoms with Gasteiger partial charge in [0, 0.05) is 5.88 Å². The van der Waals surface area contributed by atoms with Crippen molar-refractivity contribution in [1.82, 2.24) is 0 Å². The number of halogens is 1. The van der Waals surface area contributed by atoms with Crippen molar-refractivity contribution in [2.45, 2.75) is 20.3 Å². The first-order valence-electron chi connectivity index (χ1n) is 5.01. The van der Waals surface area contributed by atoms with E-state index in [1.807, 2.05) is 26.0 Å². The van der Waals surface area contributed by atoms with Crippen molar-refractivity contribution in [1.29, 1.82) is 0 Å². The monoisotopic (exact) mass is 228 g/mol. The molecule has 0 amide bonds. The minimum atomic E-state index is -0.308. The highest BCUT2D eigenvalue weighted by Crippen LogP contribution is 2.06. The summed E-state index contributed by atoms with van der Waals surface area (Å²) in [5.74, 6) is 0.287. The topological polar surface area (TPSA) is 26.3 Å². The Hall–Kier alpha value is -1.02. The first-order chi connectivity index (χ1) is 7.27. The lowest BCUT2D eigenvalue weighted by Crippen LogP contribution is -2.00. The summed E-state index contributed by atoms with van der Waals surface area (Å²) in [6.45, 7) is 4.00. The molecule has 0 N–H and O–H groups in total. The third-order valence-electron chi connectivity index (χ3n) is 1.76. The Bertz CT molecular complexity index is 280. The third kappa shape index (κ3) is 4.84. The van der Waals surface area contributed by atoms with Gasteiger partial charge in [-0.05, 0) is 24.1 Å². The van der Waals surface area contributed by atoms with E-state index in [4.69, 9.17) is 11.6 Å². The Morgan fingerprint density at radius 2 is 1.80 bits per heavy atom. The van der Waals surface area contributed by atoms with E-state index in [1.54, 1.807) is 12.1 Å². The van der Waals surface area contributed by atoms with Crippen molar-refractivity contribution in [3.05, 3.63) is 35.4 Å². The number of hydrogen-bond donors (Lipinski definition) is 0. The summed E-state index contributed by atoms with van der Waals surface area (Å²) in [6.07, 6.45) is 0.822. The van der Waals surface area contributed by atoms with Crippen molar-refractivity contribution in [2.24, 2.45) is 0 Å². The number of benzene rings is 1. The molecule has 1 aromatic carbocycles. The van der Waals surface area contributed by atoms with Crippen molar-refractivity contribution in [3.63, 3.8) is 0 Å². The van der Waals surface area contributed by atoms with E-state index in [-0.39, 0.29) is 5.97 Å². The smallest absolute Gasteiger partial charge is 0.337 e. The highest BCUT2D eigenvalue weighted by Gasteiger charge is 2.03. The number of rotatable bonds is 3. The molecule has 0 heterocycles. The van der Waals surface area contributed by atoms with Gasteiger partial charge in [0.15, 0.2) is 0 Å². The van der Waals surface area contributed by atoms with E-state index in [0.717, 1.165) is 12.0 Å². The third-order valence-corrected chi connectivity index (χ3v) is 1.95. The number of hydrogen-bond acceptors (Lipinski definition) is 2. The van der Waals surface area contributed by atoms with E-state index >= 15 is 0 Å². The lowest BCUT2D eigenvalue weighted by atomic mass is 10.1. The number of ether oxygens (including phenoxy) is 1. The molecule has 0 unspecified atom stereocenters. The number of alkyl halides is 1. The quantitative estimate of drug-likeness (QED) is 0.586. The van der Waals surface area contributed by atoms with Crippen LogP contribution in [0.5, 0.6) is 0 Å². The van der Waals surface area contributed by atoms with Gasteiger partial charge in [0.05, 0.1) is 12.7 Å². The molecule has 0 aliphatic rings. The molecule has 1 rings (SSSR count). The average Bonchev–Trinajstić information content (AvgIpc) is 2.32. The molecule has 0 saturated heterocycles. The van der Waals surface area contributed by atoms with E-state index in [0.29, 0.717) is 11.4 Å². The molecular formula is C12H17ClO2. The van der Waals surface area contributed by atoms with Crippen LogP contribution in [-0.4, -0.2) is 19.0 Å². The maximum Gasteiger partial charge on any atom is 0.337 e. The van der Waals surface area contributed by atoms with Gasteiger partial charge in [0.25, 0.3) is 0 Å². The molecule has 0 bridgehead atoms. The van der Waals surface area contributed by atoms with Gasteiger partial charge >= 0.3 is 5.97 Å². The summed E-state index contributed by atoms with van der Waals surface area (Å²) < 4.78 is 4.57. The molecule has 84 valence electrons. The molecule has 3 heteroatoms. The first-order valence-corrected chi connectivity index (χ1v) is 5.54. The van der Waals surface area contributed by atoms with Gasteiger partial charge in [-0.1, -0.05) is 26.0 Å². The van der Waals surface area contributed by atoms with Gasteiger partial charge in [-0.3, -0.25) is 0 Å². The van der Waals surface area contributed by atoms with E-state index < -0.39 is 0 Å². The molecule has 0 atom stereocenters. The van der Waals surface area contributed by atoms with Gasteiger partial charge in [-0.25, -0.2) is 4.79 Å². The standard InChI is InChI=1S/C10H11ClO2.C2H6/c1-13-10(12)9-4-2-8(3-5-9)6-7-11;1-2/h2-5H,6-7H2,1H3;1-2H3. The Morgan fingerprint density at radius 1 is 1.27 bits per heavy atom.